The van der Waals surface area contributed by atoms with Gasteiger partial charge in [-0.1, -0.05) is 6.92 Å². The van der Waals surface area contributed by atoms with Crippen LogP contribution < -0.4 is 14.9 Å². The Bertz CT molecular complexity index is 868. The highest BCUT2D eigenvalue weighted by Crippen LogP contribution is 2.41. The second kappa shape index (κ2) is 6.03. The first-order valence-corrected chi connectivity index (χ1v) is 7.74. The molecule has 1 aromatic carbocycles. The van der Waals surface area contributed by atoms with Crippen LogP contribution in [0.1, 0.15) is 35.3 Å². The Balaban J connectivity index is 2.29. The van der Waals surface area contributed by atoms with Crippen LogP contribution in [0.25, 0.3) is 11.3 Å². The number of rotatable bonds is 4. The van der Waals surface area contributed by atoms with E-state index in [1.807, 2.05) is 23.6 Å². The standard InChI is InChI=1S/C18H19NO5/c1-4-11-5-10-6-16(23-2)17(24-3)7-12(10)14-8-15(20)13(18(21)22)9-19(11)14/h6-9,11H,4-5H2,1-3H3,(H,21,22)/t11-/m0/s1. The third-order valence-electron chi connectivity index (χ3n) is 4.52. The molecule has 6 heteroatoms. The molecular formula is C18H19NO5. The summed E-state index contributed by atoms with van der Waals surface area (Å²) in [5, 5.41) is 9.22. The Labute approximate surface area is 139 Å². The van der Waals surface area contributed by atoms with Crippen LogP contribution in [0, 0.1) is 0 Å². The summed E-state index contributed by atoms with van der Waals surface area (Å²) in [4.78, 5) is 23.4. The molecule has 126 valence electrons. The lowest BCUT2D eigenvalue weighted by Crippen LogP contribution is -2.25. The zero-order chi connectivity index (χ0) is 17.4. The molecule has 1 aliphatic rings. The monoisotopic (exact) mass is 329 g/mol. The fourth-order valence-electron chi connectivity index (χ4n) is 3.25. The van der Waals surface area contributed by atoms with Crippen LogP contribution in [0.5, 0.6) is 11.5 Å². The first-order valence-electron chi connectivity index (χ1n) is 7.74. The number of methoxy groups -OCH3 is 2. The second-order valence-corrected chi connectivity index (χ2v) is 5.78. The van der Waals surface area contributed by atoms with Crippen LogP contribution in [-0.4, -0.2) is 29.9 Å². The largest absolute Gasteiger partial charge is 0.493 e. The first kappa shape index (κ1) is 16.1. The van der Waals surface area contributed by atoms with Crippen LogP contribution in [0.3, 0.4) is 0 Å². The molecule has 0 fully saturated rings. The van der Waals surface area contributed by atoms with E-state index in [0.29, 0.717) is 17.2 Å². The quantitative estimate of drug-likeness (QED) is 0.933. The maximum atomic E-state index is 12.2. The molecule has 1 atom stereocenters. The van der Waals surface area contributed by atoms with E-state index < -0.39 is 11.4 Å². The zero-order valence-electron chi connectivity index (χ0n) is 13.8. The highest BCUT2D eigenvalue weighted by Gasteiger charge is 2.26. The van der Waals surface area contributed by atoms with Crippen molar-refractivity contribution in [3.8, 4) is 22.8 Å². The SMILES string of the molecule is CC[C@H]1Cc2cc(OC)c(OC)cc2-c2cc(=O)c(C(=O)O)cn21. The first-order chi connectivity index (χ1) is 11.5. The maximum Gasteiger partial charge on any atom is 0.341 e. The molecule has 0 aliphatic carbocycles. The molecule has 1 aliphatic heterocycles. The number of carbonyl (C=O) groups is 1. The van der Waals surface area contributed by atoms with Crippen molar-refractivity contribution < 1.29 is 19.4 Å². The predicted octanol–water partition coefficient (Wildman–Crippen LogP) is 2.74. The molecule has 0 amide bonds. The lowest BCUT2D eigenvalue weighted by molar-refractivity contribution is 0.0694. The van der Waals surface area contributed by atoms with E-state index in [-0.39, 0.29) is 11.6 Å². The Morgan fingerprint density at radius 2 is 1.92 bits per heavy atom. The van der Waals surface area contributed by atoms with Crippen LogP contribution in [-0.2, 0) is 6.42 Å². The Morgan fingerprint density at radius 1 is 1.25 bits per heavy atom. The Hall–Kier alpha value is -2.76. The van der Waals surface area contributed by atoms with Gasteiger partial charge in [0.05, 0.1) is 19.9 Å². The molecule has 24 heavy (non-hydrogen) atoms. The van der Waals surface area contributed by atoms with E-state index in [2.05, 4.69) is 0 Å². The van der Waals surface area contributed by atoms with Crippen LogP contribution in [0.4, 0.5) is 0 Å². The summed E-state index contributed by atoms with van der Waals surface area (Å²) in [6.07, 6.45) is 3.01. The highest BCUT2D eigenvalue weighted by molar-refractivity contribution is 5.87. The van der Waals surface area contributed by atoms with E-state index in [1.54, 1.807) is 14.2 Å². The molecule has 2 aromatic rings. The third kappa shape index (κ3) is 2.44. The van der Waals surface area contributed by atoms with Crippen molar-refractivity contribution in [2.75, 3.05) is 14.2 Å². The van der Waals surface area contributed by atoms with Gasteiger partial charge in [0.25, 0.3) is 0 Å². The van der Waals surface area contributed by atoms with Crippen molar-refractivity contribution in [1.29, 1.82) is 0 Å². The number of nitrogens with zero attached hydrogens (tertiary/aromatic N) is 1. The summed E-state index contributed by atoms with van der Waals surface area (Å²) in [5.74, 6) is 0.0137. The van der Waals surface area contributed by atoms with E-state index >= 15 is 0 Å². The predicted molar refractivity (Wildman–Crippen MR) is 89.2 cm³/mol. The maximum absolute atomic E-state index is 12.2. The van der Waals surface area contributed by atoms with Gasteiger partial charge in [0, 0.05) is 23.9 Å². The minimum atomic E-state index is -1.21. The molecule has 1 aromatic heterocycles. The molecule has 0 spiro atoms. The summed E-state index contributed by atoms with van der Waals surface area (Å²) in [6.45, 7) is 2.04. The van der Waals surface area contributed by atoms with Crippen molar-refractivity contribution in [3.05, 3.63) is 45.7 Å². The number of hydrogen-bond donors (Lipinski definition) is 1. The van der Waals surface area contributed by atoms with E-state index in [4.69, 9.17) is 9.47 Å². The van der Waals surface area contributed by atoms with Gasteiger partial charge in [0.2, 0.25) is 0 Å². The molecule has 3 rings (SSSR count). The van der Waals surface area contributed by atoms with Gasteiger partial charge in [-0.3, -0.25) is 4.79 Å². The van der Waals surface area contributed by atoms with Crippen LogP contribution in [0.2, 0.25) is 0 Å². The van der Waals surface area contributed by atoms with E-state index in [0.717, 1.165) is 24.0 Å². The Morgan fingerprint density at radius 3 is 2.50 bits per heavy atom. The van der Waals surface area contributed by atoms with Crippen molar-refractivity contribution in [3.63, 3.8) is 0 Å². The average molecular weight is 329 g/mol. The van der Waals surface area contributed by atoms with Gasteiger partial charge in [-0.05, 0) is 30.5 Å². The Kier molecular flexibility index (Phi) is 4.05. The number of hydrogen-bond acceptors (Lipinski definition) is 4. The zero-order valence-corrected chi connectivity index (χ0v) is 13.8. The van der Waals surface area contributed by atoms with Gasteiger partial charge in [0.15, 0.2) is 16.9 Å². The molecule has 0 saturated heterocycles. The van der Waals surface area contributed by atoms with Gasteiger partial charge in [-0.2, -0.15) is 0 Å². The summed E-state index contributed by atoms with van der Waals surface area (Å²) < 4.78 is 12.6. The van der Waals surface area contributed by atoms with Crippen molar-refractivity contribution >= 4 is 5.97 Å². The van der Waals surface area contributed by atoms with E-state index in [1.165, 1.54) is 12.3 Å². The second-order valence-electron chi connectivity index (χ2n) is 5.78. The number of aromatic nitrogens is 1. The number of pyridine rings is 1. The summed E-state index contributed by atoms with van der Waals surface area (Å²) in [6, 6.07) is 5.25. The van der Waals surface area contributed by atoms with Crippen molar-refractivity contribution in [1.82, 2.24) is 4.57 Å². The summed E-state index contributed by atoms with van der Waals surface area (Å²) in [5.41, 5.74) is 1.93. The number of ether oxygens (including phenoxy) is 2. The number of carboxylic acid groups (broad SMARTS) is 1. The molecule has 6 nitrogen and oxygen atoms in total. The molecule has 0 saturated carbocycles. The minimum absolute atomic E-state index is 0.0873. The van der Waals surface area contributed by atoms with Crippen LogP contribution >= 0.6 is 0 Å². The van der Waals surface area contributed by atoms with Gasteiger partial charge in [0.1, 0.15) is 5.56 Å². The molecule has 0 bridgehead atoms. The summed E-state index contributed by atoms with van der Waals surface area (Å²) in [7, 11) is 3.14. The topological polar surface area (TPSA) is 77.8 Å². The lowest BCUT2D eigenvalue weighted by Gasteiger charge is -2.30. The van der Waals surface area contributed by atoms with Gasteiger partial charge in [-0.25, -0.2) is 4.79 Å². The lowest BCUT2D eigenvalue weighted by atomic mass is 9.90. The van der Waals surface area contributed by atoms with Gasteiger partial charge < -0.3 is 19.1 Å². The normalized spacial score (nSPS) is 15.4. The smallest absolute Gasteiger partial charge is 0.341 e. The average Bonchev–Trinajstić information content (AvgIpc) is 2.58. The fourth-order valence-corrected chi connectivity index (χ4v) is 3.25. The van der Waals surface area contributed by atoms with Crippen molar-refractivity contribution in [2.45, 2.75) is 25.8 Å². The number of fused-ring (bicyclic) bond motifs is 3. The van der Waals surface area contributed by atoms with Crippen molar-refractivity contribution in [2.24, 2.45) is 0 Å². The van der Waals surface area contributed by atoms with Crippen LogP contribution in [0.15, 0.2) is 29.2 Å². The number of benzene rings is 1. The molecule has 1 N–H and O–H groups in total. The molecule has 0 unspecified atom stereocenters. The number of carboxylic acids is 1. The fraction of sp³-hybridized carbons (Fsp3) is 0.333. The van der Waals surface area contributed by atoms with E-state index in [9.17, 15) is 14.7 Å². The third-order valence-corrected chi connectivity index (χ3v) is 4.52. The number of aromatic carboxylic acids is 1. The van der Waals surface area contributed by atoms with Gasteiger partial charge >= 0.3 is 5.97 Å². The molecular weight excluding hydrogens is 310 g/mol. The highest BCUT2D eigenvalue weighted by atomic mass is 16.5. The van der Waals surface area contributed by atoms with Gasteiger partial charge in [-0.15, -0.1) is 0 Å². The summed E-state index contributed by atoms with van der Waals surface area (Å²) >= 11 is 0. The molecule has 0 radical (unpaired) electrons. The molecule has 2 heterocycles. The minimum Gasteiger partial charge on any atom is -0.493 e.